The number of thioether (sulfide) groups is 1. The fourth-order valence-corrected chi connectivity index (χ4v) is 4.83. The molecule has 2 aromatic carbocycles. The summed E-state index contributed by atoms with van der Waals surface area (Å²) in [5.74, 6) is -0.227. The van der Waals surface area contributed by atoms with E-state index in [0.29, 0.717) is 13.2 Å². The number of fused-ring (bicyclic) bond motifs is 1. The molecule has 0 radical (unpaired) electrons. The number of morpholine rings is 1. The number of aryl methyl sites for hydroxylation is 1. The van der Waals surface area contributed by atoms with Gasteiger partial charge in [0.25, 0.3) is 0 Å². The first-order valence-corrected chi connectivity index (χ1v) is 11.2. The maximum Gasteiger partial charge on any atom is 0.238 e. The van der Waals surface area contributed by atoms with Crippen molar-refractivity contribution in [2.24, 2.45) is 0 Å². The molecule has 1 fully saturated rings. The molecule has 0 aromatic heterocycles. The van der Waals surface area contributed by atoms with Crippen LogP contribution in [0.15, 0.2) is 53.4 Å². The topological polar surface area (TPSA) is 70.7 Å². The molecule has 4 rings (SSSR count). The number of anilines is 1. The highest BCUT2D eigenvalue weighted by atomic mass is 32.2. The van der Waals surface area contributed by atoms with Gasteiger partial charge in [0.1, 0.15) is 0 Å². The molecular formula is C23H27N3O3S. The van der Waals surface area contributed by atoms with Crippen LogP contribution in [-0.4, -0.2) is 54.8 Å². The Balaban J connectivity index is 1.43. The third kappa shape index (κ3) is 5.22. The summed E-state index contributed by atoms with van der Waals surface area (Å²) < 4.78 is 5.45. The Bertz CT molecular complexity index is 897. The molecule has 2 atom stereocenters. The van der Waals surface area contributed by atoms with E-state index in [1.54, 1.807) is 0 Å². The van der Waals surface area contributed by atoms with E-state index >= 15 is 0 Å². The number of nitrogens with one attached hydrogen (secondary N) is 2. The molecule has 1 saturated heterocycles. The summed E-state index contributed by atoms with van der Waals surface area (Å²) in [6, 6.07) is 15.8. The number of para-hydroxylation sites is 1. The van der Waals surface area contributed by atoms with Gasteiger partial charge in [0, 0.05) is 31.0 Å². The van der Waals surface area contributed by atoms with Crippen LogP contribution >= 0.6 is 11.8 Å². The van der Waals surface area contributed by atoms with Gasteiger partial charge in [-0.15, -0.1) is 11.8 Å². The Labute approximate surface area is 181 Å². The first-order valence-electron chi connectivity index (χ1n) is 10.3. The highest BCUT2D eigenvalue weighted by molar-refractivity contribution is 8.01. The molecule has 7 heteroatoms. The van der Waals surface area contributed by atoms with Gasteiger partial charge in [-0.2, -0.15) is 0 Å². The van der Waals surface area contributed by atoms with E-state index < -0.39 is 5.25 Å². The number of rotatable bonds is 6. The zero-order chi connectivity index (χ0) is 20.9. The summed E-state index contributed by atoms with van der Waals surface area (Å²) >= 11 is 1.45. The Hall–Kier alpha value is -2.35. The smallest absolute Gasteiger partial charge is 0.238 e. The van der Waals surface area contributed by atoms with Crippen LogP contribution in [-0.2, 0) is 14.3 Å². The van der Waals surface area contributed by atoms with E-state index in [2.05, 4.69) is 46.7 Å². The third-order valence-corrected chi connectivity index (χ3v) is 6.71. The number of ether oxygens (including phenoxy) is 1. The van der Waals surface area contributed by atoms with Crippen LogP contribution in [0, 0.1) is 6.92 Å². The van der Waals surface area contributed by atoms with E-state index in [0.717, 1.165) is 35.8 Å². The van der Waals surface area contributed by atoms with Gasteiger partial charge < -0.3 is 15.4 Å². The molecule has 2 heterocycles. The molecule has 2 aliphatic heterocycles. The molecule has 0 aliphatic carbocycles. The molecular weight excluding hydrogens is 398 g/mol. The number of carbonyl (C=O) groups excluding carboxylic acids is 2. The van der Waals surface area contributed by atoms with Gasteiger partial charge in [-0.3, -0.25) is 14.5 Å². The Morgan fingerprint density at radius 3 is 2.70 bits per heavy atom. The van der Waals surface area contributed by atoms with Crippen molar-refractivity contribution in [2.45, 2.75) is 29.5 Å². The molecule has 2 amide bonds. The monoisotopic (exact) mass is 425 g/mol. The van der Waals surface area contributed by atoms with Crippen LogP contribution in [0.4, 0.5) is 5.69 Å². The van der Waals surface area contributed by atoms with Crippen molar-refractivity contribution in [3.63, 3.8) is 0 Å². The average molecular weight is 426 g/mol. The van der Waals surface area contributed by atoms with Gasteiger partial charge in [0.2, 0.25) is 11.8 Å². The highest BCUT2D eigenvalue weighted by Gasteiger charge is 2.30. The minimum atomic E-state index is -0.429. The molecule has 2 N–H and O–H groups in total. The fraction of sp³-hybridized carbons (Fsp3) is 0.391. The normalized spacial score (nSPS) is 20.2. The van der Waals surface area contributed by atoms with Gasteiger partial charge in [-0.05, 0) is 24.6 Å². The predicted octanol–water partition coefficient (Wildman–Crippen LogP) is 2.99. The summed E-state index contributed by atoms with van der Waals surface area (Å²) in [6.07, 6.45) is 0.149. The fourth-order valence-electron chi connectivity index (χ4n) is 3.72. The lowest BCUT2D eigenvalue weighted by molar-refractivity contribution is -0.124. The third-order valence-electron chi connectivity index (χ3n) is 5.44. The zero-order valence-corrected chi connectivity index (χ0v) is 17.9. The van der Waals surface area contributed by atoms with E-state index in [1.165, 1.54) is 17.3 Å². The second-order valence-corrected chi connectivity index (χ2v) is 8.98. The van der Waals surface area contributed by atoms with Crippen molar-refractivity contribution in [2.75, 3.05) is 38.2 Å². The van der Waals surface area contributed by atoms with E-state index in [1.807, 2.05) is 24.3 Å². The lowest BCUT2D eigenvalue weighted by Gasteiger charge is -2.31. The summed E-state index contributed by atoms with van der Waals surface area (Å²) in [5.41, 5.74) is 3.07. The first-order chi connectivity index (χ1) is 14.6. The second kappa shape index (κ2) is 9.64. The molecule has 0 unspecified atom stereocenters. The predicted molar refractivity (Wildman–Crippen MR) is 119 cm³/mol. The number of amides is 2. The van der Waals surface area contributed by atoms with Crippen molar-refractivity contribution in [3.8, 4) is 0 Å². The number of hydrogen-bond donors (Lipinski definition) is 2. The van der Waals surface area contributed by atoms with Crippen molar-refractivity contribution >= 4 is 29.3 Å². The average Bonchev–Trinajstić information content (AvgIpc) is 2.75. The van der Waals surface area contributed by atoms with Crippen LogP contribution in [0.5, 0.6) is 0 Å². The quantitative estimate of drug-likeness (QED) is 0.745. The van der Waals surface area contributed by atoms with Crippen molar-refractivity contribution in [1.29, 1.82) is 0 Å². The Morgan fingerprint density at radius 1 is 1.20 bits per heavy atom. The maximum absolute atomic E-state index is 12.9. The van der Waals surface area contributed by atoms with Crippen LogP contribution in [0.3, 0.4) is 0 Å². The summed E-state index contributed by atoms with van der Waals surface area (Å²) in [5, 5.41) is 5.66. The Kier molecular flexibility index (Phi) is 6.72. The van der Waals surface area contributed by atoms with Crippen molar-refractivity contribution in [1.82, 2.24) is 10.2 Å². The second-order valence-electron chi connectivity index (χ2n) is 7.74. The van der Waals surface area contributed by atoms with Crippen LogP contribution in [0.1, 0.15) is 23.6 Å². The van der Waals surface area contributed by atoms with Gasteiger partial charge in [0.05, 0.1) is 30.2 Å². The van der Waals surface area contributed by atoms with E-state index in [9.17, 15) is 9.59 Å². The molecule has 0 bridgehead atoms. The summed E-state index contributed by atoms with van der Waals surface area (Å²) in [6.45, 7) is 5.92. The minimum Gasteiger partial charge on any atom is -0.379 e. The van der Waals surface area contributed by atoms with Gasteiger partial charge in [0.15, 0.2) is 0 Å². The van der Waals surface area contributed by atoms with Crippen molar-refractivity contribution in [3.05, 3.63) is 59.7 Å². The van der Waals surface area contributed by atoms with E-state index in [4.69, 9.17) is 4.74 Å². The number of carbonyl (C=O) groups is 2. The SMILES string of the molecule is Cc1ccc([C@@H](CN2CCOCC2)NC(=O)C[C@@H]2Sc3ccccc3NC2=O)cc1. The van der Waals surface area contributed by atoms with Crippen LogP contribution in [0.2, 0.25) is 0 Å². The number of nitrogens with zero attached hydrogens (tertiary/aromatic N) is 1. The largest absolute Gasteiger partial charge is 0.379 e. The lowest BCUT2D eigenvalue weighted by Crippen LogP contribution is -2.44. The molecule has 2 aliphatic rings. The Morgan fingerprint density at radius 2 is 1.93 bits per heavy atom. The summed E-state index contributed by atoms with van der Waals surface area (Å²) in [7, 11) is 0. The molecule has 2 aromatic rings. The van der Waals surface area contributed by atoms with Crippen LogP contribution < -0.4 is 10.6 Å². The van der Waals surface area contributed by atoms with Gasteiger partial charge >= 0.3 is 0 Å². The van der Waals surface area contributed by atoms with E-state index in [-0.39, 0.29) is 24.3 Å². The number of hydrogen-bond acceptors (Lipinski definition) is 5. The van der Waals surface area contributed by atoms with Gasteiger partial charge in [-0.25, -0.2) is 0 Å². The van der Waals surface area contributed by atoms with Gasteiger partial charge in [-0.1, -0.05) is 42.0 Å². The van der Waals surface area contributed by atoms with Crippen LogP contribution in [0.25, 0.3) is 0 Å². The molecule has 0 saturated carbocycles. The minimum absolute atomic E-state index is 0.110. The maximum atomic E-state index is 12.9. The zero-order valence-electron chi connectivity index (χ0n) is 17.1. The molecule has 158 valence electrons. The highest BCUT2D eigenvalue weighted by Crippen LogP contribution is 2.36. The summed E-state index contributed by atoms with van der Waals surface area (Å²) in [4.78, 5) is 28.7. The molecule has 30 heavy (non-hydrogen) atoms. The molecule has 6 nitrogen and oxygen atoms in total. The standard InChI is InChI=1S/C23H27N3O3S/c1-16-6-8-17(9-7-16)19(15-26-10-12-29-13-11-26)24-22(27)14-21-23(28)25-18-4-2-3-5-20(18)30-21/h2-9,19,21H,10-15H2,1H3,(H,24,27)(H,25,28)/t19-,21+/m1/s1. The lowest BCUT2D eigenvalue weighted by atomic mass is 10.0. The van der Waals surface area contributed by atoms with Crippen molar-refractivity contribution < 1.29 is 14.3 Å². The number of benzene rings is 2. The molecule has 0 spiro atoms. The first kappa shape index (κ1) is 20.9.